The second kappa shape index (κ2) is 8.97. The van der Waals surface area contributed by atoms with Crippen molar-refractivity contribution < 1.29 is 23.7 Å². The van der Waals surface area contributed by atoms with Crippen LogP contribution in [0.5, 0.6) is 17.2 Å². The molecule has 1 atom stereocenters. The fourth-order valence-electron chi connectivity index (χ4n) is 3.57. The second-order valence-corrected chi connectivity index (χ2v) is 6.73. The van der Waals surface area contributed by atoms with E-state index in [0.717, 1.165) is 31.4 Å². The molecule has 0 bridgehead atoms. The summed E-state index contributed by atoms with van der Waals surface area (Å²) in [5, 5.41) is 3.46. The summed E-state index contributed by atoms with van der Waals surface area (Å²) in [5.74, 6) is 0.817. The van der Waals surface area contributed by atoms with Crippen molar-refractivity contribution in [3.63, 3.8) is 0 Å². The molecule has 6 heteroatoms. The first-order valence-corrected chi connectivity index (χ1v) is 9.47. The van der Waals surface area contributed by atoms with E-state index in [-0.39, 0.29) is 0 Å². The third kappa shape index (κ3) is 4.07. The fourth-order valence-corrected chi connectivity index (χ4v) is 3.57. The van der Waals surface area contributed by atoms with Crippen molar-refractivity contribution >= 4 is 5.97 Å². The Kier molecular flexibility index (Phi) is 6.41. The molecule has 1 aliphatic heterocycles. The van der Waals surface area contributed by atoms with E-state index in [0.29, 0.717) is 29.2 Å². The van der Waals surface area contributed by atoms with E-state index in [2.05, 4.69) is 5.32 Å². The molecule has 6 nitrogen and oxygen atoms in total. The molecular formula is C22H27NO5. The first-order chi connectivity index (χ1) is 13.6. The third-order valence-corrected chi connectivity index (χ3v) is 5.02. The number of ether oxygens (including phenoxy) is 4. The number of hydrogen-bond acceptors (Lipinski definition) is 6. The van der Waals surface area contributed by atoms with E-state index >= 15 is 0 Å². The third-order valence-electron chi connectivity index (χ3n) is 5.02. The molecule has 150 valence electrons. The van der Waals surface area contributed by atoms with Gasteiger partial charge in [0.1, 0.15) is 0 Å². The maximum absolute atomic E-state index is 13.1. The average Bonchev–Trinajstić information content (AvgIpc) is 2.99. The lowest BCUT2D eigenvalue weighted by Gasteiger charge is -2.34. The summed E-state index contributed by atoms with van der Waals surface area (Å²) in [7, 11) is 4.56. The summed E-state index contributed by atoms with van der Waals surface area (Å²) in [6.45, 7) is 0.789. The molecule has 2 aromatic rings. The Bertz CT molecular complexity index is 773. The molecule has 1 aliphatic rings. The van der Waals surface area contributed by atoms with E-state index in [1.54, 1.807) is 12.1 Å². The minimum atomic E-state index is -0.852. The van der Waals surface area contributed by atoms with Crippen LogP contribution in [0.15, 0.2) is 42.5 Å². The number of carbonyl (C=O) groups is 1. The van der Waals surface area contributed by atoms with Crippen molar-refractivity contribution in [2.75, 3.05) is 27.9 Å². The average molecular weight is 385 g/mol. The van der Waals surface area contributed by atoms with Crippen LogP contribution in [0.4, 0.5) is 0 Å². The zero-order valence-corrected chi connectivity index (χ0v) is 16.6. The maximum Gasteiger partial charge on any atom is 0.340 e. The van der Waals surface area contributed by atoms with Crippen molar-refractivity contribution in [3.05, 3.63) is 53.6 Å². The Morgan fingerprint density at radius 1 is 0.929 bits per heavy atom. The van der Waals surface area contributed by atoms with Gasteiger partial charge in [-0.2, -0.15) is 0 Å². The minimum Gasteiger partial charge on any atom is -0.493 e. The van der Waals surface area contributed by atoms with Crippen LogP contribution < -0.4 is 19.5 Å². The summed E-state index contributed by atoms with van der Waals surface area (Å²) >= 11 is 0. The number of esters is 1. The predicted octanol–water partition coefficient (Wildman–Crippen LogP) is 3.89. The highest BCUT2D eigenvalue weighted by Gasteiger charge is 2.37. The highest BCUT2D eigenvalue weighted by atomic mass is 16.6. The van der Waals surface area contributed by atoms with E-state index in [1.165, 1.54) is 21.3 Å². The van der Waals surface area contributed by atoms with Gasteiger partial charge < -0.3 is 18.9 Å². The van der Waals surface area contributed by atoms with Crippen LogP contribution in [-0.2, 0) is 10.5 Å². The largest absolute Gasteiger partial charge is 0.493 e. The van der Waals surface area contributed by atoms with Gasteiger partial charge in [-0.3, -0.25) is 5.32 Å². The SMILES string of the molecule is COc1cc(C(=O)OC2(c3ccccc3)CCCCCN2)cc(OC)c1OC. The first-order valence-electron chi connectivity index (χ1n) is 9.47. The smallest absolute Gasteiger partial charge is 0.340 e. The van der Waals surface area contributed by atoms with E-state index in [4.69, 9.17) is 18.9 Å². The van der Waals surface area contributed by atoms with Crippen LogP contribution in [-0.4, -0.2) is 33.8 Å². The first kappa shape index (κ1) is 20.0. The van der Waals surface area contributed by atoms with Gasteiger partial charge in [0.2, 0.25) is 5.75 Å². The van der Waals surface area contributed by atoms with Gasteiger partial charge in [-0.1, -0.05) is 36.8 Å². The van der Waals surface area contributed by atoms with Gasteiger partial charge in [0.05, 0.1) is 26.9 Å². The van der Waals surface area contributed by atoms with Crippen LogP contribution in [0.1, 0.15) is 41.6 Å². The molecule has 0 aliphatic carbocycles. The van der Waals surface area contributed by atoms with Crippen LogP contribution in [0.2, 0.25) is 0 Å². The molecule has 0 saturated carbocycles. The maximum atomic E-state index is 13.1. The van der Waals surface area contributed by atoms with Crippen LogP contribution in [0, 0.1) is 0 Å². The molecule has 28 heavy (non-hydrogen) atoms. The number of methoxy groups -OCH3 is 3. The molecule has 2 aromatic carbocycles. The standard InChI is InChI=1S/C22H27NO5/c1-25-18-14-16(15-19(26-2)20(18)27-3)21(24)28-22(12-8-5-9-13-23-22)17-10-6-4-7-11-17/h4,6-7,10-11,14-15,23H,5,8-9,12-13H2,1-3H3. The lowest BCUT2D eigenvalue weighted by Crippen LogP contribution is -2.45. The molecular weight excluding hydrogens is 358 g/mol. The zero-order chi connectivity index (χ0) is 20.0. The molecule has 0 radical (unpaired) electrons. The fraction of sp³-hybridized carbons (Fsp3) is 0.409. The van der Waals surface area contributed by atoms with Gasteiger partial charge in [0.15, 0.2) is 17.2 Å². The van der Waals surface area contributed by atoms with E-state index in [1.807, 2.05) is 30.3 Å². The topological polar surface area (TPSA) is 66.0 Å². The summed E-state index contributed by atoms with van der Waals surface area (Å²) in [6, 6.07) is 13.1. The molecule has 3 rings (SSSR count). The monoisotopic (exact) mass is 385 g/mol. The van der Waals surface area contributed by atoms with Gasteiger partial charge >= 0.3 is 5.97 Å². The van der Waals surface area contributed by atoms with Gasteiger partial charge in [0.25, 0.3) is 0 Å². The van der Waals surface area contributed by atoms with Crippen molar-refractivity contribution in [3.8, 4) is 17.2 Å². The Morgan fingerprint density at radius 2 is 1.61 bits per heavy atom. The Labute approximate surface area is 165 Å². The van der Waals surface area contributed by atoms with Crippen molar-refractivity contribution in [2.45, 2.75) is 31.4 Å². The normalized spacial score (nSPS) is 19.4. The molecule has 1 fully saturated rings. The molecule has 0 aromatic heterocycles. The Morgan fingerprint density at radius 3 is 2.21 bits per heavy atom. The van der Waals surface area contributed by atoms with Crippen LogP contribution >= 0.6 is 0 Å². The van der Waals surface area contributed by atoms with Crippen molar-refractivity contribution in [1.29, 1.82) is 0 Å². The number of nitrogens with one attached hydrogen (secondary N) is 1. The highest BCUT2D eigenvalue weighted by Crippen LogP contribution is 2.39. The van der Waals surface area contributed by atoms with Gasteiger partial charge in [-0.05, 0) is 31.5 Å². The van der Waals surface area contributed by atoms with Gasteiger partial charge in [-0.25, -0.2) is 4.79 Å². The minimum absolute atomic E-state index is 0.343. The summed E-state index contributed by atoms with van der Waals surface area (Å²) < 4.78 is 22.2. The van der Waals surface area contributed by atoms with Gasteiger partial charge in [-0.15, -0.1) is 0 Å². The number of rotatable bonds is 6. The van der Waals surface area contributed by atoms with Crippen LogP contribution in [0.25, 0.3) is 0 Å². The zero-order valence-electron chi connectivity index (χ0n) is 16.6. The number of carbonyl (C=O) groups excluding carboxylic acids is 1. The van der Waals surface area contributed by atoms with Crippen LogP contribution in [0.3, 0.4) is 0 Å². The Hall–Kier alpha value is -2.73. The molecule has 1 saturated heterocycles. The van der Waals surface area contributed by atoms with Gasteiger partial charge in [0, 0.05) is 12.0 Å². The molecule has 1 heterocycles. The lowest BCUT2D eigenvalue weighted by molar-refractivity contribution is -0.0445. The molecule has 0 spiro atoms. The Balaban J connectivity index is 1.96. The quantitative estimate of drug-likeness (QED) is 0.761. The van der Waals surface area contributed by atoms with E-state index < -0.39 is 11.7 Å². The molecule has 1 N–H and O–H groups in total. The summed E-state index contributed by atoms with van der Waals surface area (Å²) in [4.78, 5) is 13.1. The highest BCUT2D eigenvalue weighted by molar-refractivity contribution is 5.91. The van der Waals surface area contributed by atoms with E-state index in [9.17, 15) is 4.79 Å². The number of benzene rings is 2. The molecule has 1 unspecified atom stereocenters. The summed E-state index contributed by atoms with van der Waals surface area (Å²) in [5.41, 5.74) is 0.434. The van der Waals surface area contributed by atoms with Crippen molar-refractivity contribution in [1.82, 2.24) is 5.32 Å². The second-order valence-electron chi connectivity index (χ2n) is 6.73. The number of hydrogen-bond donors (Lipinski definition) is 1. The molecule has 0 amide bonds. The van der Waals surface area contributed by atoms with Crippen molar-refractivity contribution in [2.24, 2.45) is 0 Å². The summed E-state index contributed by atoms with van der Waals surface area (Å²) in [6.07, 6.45) is 3.84. The predicted molar refractivity (Wildman–Crippen MR) is 106 cm³/mol. The lowest BCUT2D eigenvalue weighted by atomic mass is 9.97.